The standard InChI is InChI=1S/C23H26N4O3/c1-14(24)21(16-5-3-2-4-6-16)25-12-15-7-8-18-17(11-15)13-27(23(18)30)19-9-10-20(28)26-22(19)29/h2-8,11,14,19,21,25H,9-10,12-13,24H2,1H3,(H,26,28,29). The number of hydrogen-bond donors (Lipinski definition) is 3. The van der Waals surface area contributed by atoms with Crippen molar-refractivity contribution in [3.05, 3.63) is 70.8 Å². The van der Waals surface area contributed by atoms with E-state index in [0.717, 1.165) is 16.7 Å². The molecule has 1 fully saturated rings. The third kappa shape index (κ3) is 3.99. The summed E-state index contributed by atoms with van der Waals surface area (Å²) >= 11 is 0. The molecule has 4 N–H and O–H groups in total. The van der Waals surface area contributed by atoms with Crippen LogP contribution in [0, 0.1) is 0 Å². The zero-order valence-electron chi connectivity index (χ0n) is 16.9. The third-order valence-electron chi connectivity index (χ3n) is 5.80. The van der Waals surface area contributed by atoms with Gasteiger partial charge in [-0.1, -0.05) is 42.5 Å². The molecule has 0 radical (unpaired) electrons. The molecule has 0 spiro atoms. The number of rotatable bonds is 6. The highest BCUT2D eigenvalue weighted by Crippen LogP contribution is 2.28. The van der Waals surface area contributed by atoms with Gasteiger partial charge in [-0.05, 0) is 36.1 Å². The number of benzene rings is 2. The van der Waals surface area contributed by atoms with E-state index in [1.54, 1.807) is 4.90 Å². The maximum Gasteiger partial charge on any atom is 0.255 e. The molecule has 0 aliphatic carbocycles. The van der Waals surface area contributed by atoms with Crippen LogP contribution in [0.15, 0.2) is 48.5 Å². The number of carbonyl (C=O) groups is 3. The Kier molecular flexibility index (Phi) is 5.65. The van der Waals surface area contributed by atoms with Crippen LogP contribution in [0.25, 0.3) is 0 Å². The molecule has 3 amide bonds. The van der Waals surface area contributed by atoms with Crippen LogP contribution in [-0.2, 0) is 22.7 Å². The summed E-state index contributed by atoms with van der Waals surface area (Å²) in [6.07, 6.45) is 0.621. The summed E-state index contributed by atoms with van der Waals surface area (Å²) in [7, 11) is 0. The van der Waals surface area contributed by atoms with Gasteiger partial charge in [0.1, 0.15) is 6.04 Å². The van der Waals surface area contributed by atoms with Crippen molar-refractivity contribution in [2.24, 2.45) is 5.73 Å². The van der Waals surface area contributed by atoms with Crippen LogP contribution in [0.4, 0.5) is 0 Å². The van der Waals surface area contributed by atoms with Gasteiger partial charge in [0.25, 0.3) is 5.91 Å². The second-order valence-corrected chi connectivity index (χ2v) is 8.02. The van der Waals surface area contributed by atoms with E-state index in [4.69, 9.17) is 5.73 Å². The summed E-state index contributed by atoms with van der Waals surface area (Å²) in [5, 5.41) is 5.85. The van der Waals surface area contributed by atoms with Gasteiger partial charge >= 0.3 is 0 Å². The minimum absolute atomic E-state index is 0.0149. The first-order chi connectivity index (χ1) is 14.4. The van der Waals surface area contributed by atoms with Crippen LogP contribution in [0.2, 0.25) is 0 Å². The van der Waals surface area contributed by atoms with E-state index in [-0.39, 0.29) is 30.3 Å². The van der Waals surface area contributed by atoms with Gasteiger partial charge in [0.05, 0.1) is 0 Å². The van der Waals surface area contributed by atoms with Crippen molar-refractivity contribution in [3.8, 4) is 0 Å². The predicted molar refractivity (Wildman–Crippen MR) is 112 cm³/mol. The highest BCUT2D eigenvalue weighted by atomic mass is 16.2. The largest absolute Gasteiger partial charge is 0.326 e. The van der Waals surface area contributed by atoms with Crippen molar-refractivity contribution in [3.63, 3.8) is 0 Å². The van der Waals surface area contributed by atoms with E-state index in [0.29, 0.717) is 25.1 Å². The van der Waals surface area contributed by atoms with Gasteiger partial charge < -0.3 is 16.0 Å². The quantitative estimate of drug-likeness (QED) is 0.633. The fraction of sp³-hybridized carbons (Fsp3) is 0.348. The Morgan fingerprint density at radius 3 is 2.63 bits per heavy atom. The number of nitrogens with two attached hydrogens (primary N) is 1. The van der Waals surface area contributed by atoms with Crippen LogP contribution in [-0.4, -0.2) is 34.7 Å². The van der Waals surface area contributed by atoms with Crippen molar-refractivity contribution in [2.75, 3.05) is 0 Å². The zero-order chi connectivity index (χ0) is 21.3. The molecule has 4 rings (SSSR count). The average Bonchev–Trinajstić information content (AvgIpc) is 3.04. The summed E-state index contributed by atoms with van der Waals surface area (Å²) in [4.78, 5) is 38.0. The summed E-state index contributed by atoms with van der Waals surface area (Å²) < 4.78 is 0. The summed E-state index contributed by atoms with van der Waals surface area (Å²) in [6, 6.07) is 15.2. The van der Waals surface area contributed by atoms with Gasteiger partial charge in [-0.25, -0.2) is 0 Å². The van der Waals surface area contributed by atoms with Crippen molar-refractivity contribution < 1.29 is 14.4 Å². The lowest BCUT2D eigenvalue weighted by Crippen LogP contribution is -2.52. The highest BCUT2D eigenvalue weighted by molar-refractivity contribution is 6.05. The molecule has 2 heterocycles. The number of amides is 3. The fourth-order valence-electron chi connectivity index (χ4n) is 4.23. The zero-order valence-corrected chi connectivity index (χ0v) is 16.9. The van der Waals surface area contributed by atoms with Crippen LogP contribution in [0.3, 0.4) is 0 Å². The highest BCUT2D eigenvalue weighted by Gasteiger charge is 2.39. The molecule has 3 atom stereocenters. The second kappa shape index (κ2) is 8.38. The number of piperidine rings is 1. The van der Waals surface area contributed by atoms with E-state index in [1.165, 1.54) is 0 Å². The van der Waals surface area contributed by atoms with Gasteiger partial charge in [-0.3, -0.25) is 19.7 Å². The topological polar surface area (TPSA) is 105 Å². The minimum Gasteiger partial charge on any atom is -0.326 e. The third-order valence-corrected chi connectivity index (χ3v) is 5.80. The smallest absolute Gasteiger partial charge is 0.255 e. The SMILES string of the molecule is CC(N)C(NCc1ccc2c(c1)CN(C1CCC(=O)NC1=O)C2=O)c1ccccc1. The first kappa shape index (κ1) is 20.3. The van der Waals surface area contributed by atoms with E-state index in [1.807, 2.05) is 43.3 Å². The van der Waals surface area contributed by atoms with Crippen LogP contribution >= 0.6 is 0 Å². The fourth-order valence-corrected chi connectivity index (χ4v) is 4.23. The Bertz CT molecular complexity index is 974. The van der Waals surface area contributed by atoms with Gasteiger partial charge in [-0.2, -0.15) is 0 Å². The second-order valence-electron chi connectivity index (χ2n) is 8.02. The monoisotopic (exact) mass is 406 g/mol. The molecule has 2 aromatic rings. The molecule has 7 heteroatoms. The van der Waals surface area contributed by atoms with Crippen molar-refractivity contribution in [1.29, 1.82) is 0 Å². The maximum atomic E-state index is 12.8. The summed E-state index contributed by atoms with van der Waals surface area (Å²) in [5.41, 5.74) is 9.90. The normalized spacial score (nSPS) is 20.7. The number of nitrogens with zero attached hydrogens (tertiary/aromatic N) is 1. The van der Waals surface area contributed by atoms with E-state index < -0.39 is 11.9 Å². The molecule has 0 aromatic heterocycles. The molecule has 30 heavy (non-hydrogen) atoms. The summed E-state index contributed by atoms with van der Waals surface area (Å²) in [5.74, 6) is -0.829. The van der Waals surface area contributed by atoms with Crippen molar-refractivity contribution in [2.45, 2.75) is 51.0 Å². The molecule has 156 valence electrons. The molecule has 2 aromatic carbocycles. The van der Waals surface area contributed by atoms with Crippen LogP contribution in [0.5, 0.6) is 0 Å². The first-order valence-corrected chi connectivity index (χ1v) is 10.2. The van der Waals surface area contributed by atoms with Gasteiger partial charge in [-0.15, -0.1) is 0 Å². The first-order valence-electron chi connectivity index (χ1n) is 10.2. The molecular formula is C23H26N4O3. The lowest BCUT2D eigenvalue weighted by molar-refractivity contribution is -0.136. The molecular weight excluding hydrogens is 380 g/mol. The number of carbonyl (C=O) groups excluding carboxylic acids is 3. The minimum atomic E-state index is -0.593. The molecule has 0 saturated carbocycles. The van der Waals surface area contributed by atoms with Crippen molar-refractivity contribution >= 4 is 17.7 Å². The van der Waals surface area contributed by atoms with E-state index >= 15 is 0 Å². The van der Waals surface area contributed by atoms with Gasteiger partial charge in [0, 0.05) is 37.2 Å². The molecule has 3 unspecified atom stereocenters. The molecule has 2 aliphatic heterocycles. The van der Waals surface area contributed by atoms with Crippen molar-refractivity contribution in [1.82, 2.24) is 15.5 Å². The number of imide groups is 1. The number of hydrogen-bond acceptors (Lipinski definition) is 5. The Labute approximate surface area is 175 Å². The Morgan fingerprint density at radius 2 is 1.93 bits per heavy atom. The maximum absolute atomic E-state index is 12.8. The van der Waals surface area contributed by atoms with E-state index in [9.17, 15) is 14.4 Å². The molecule has 0 bridgehead atoms. The lowest BCUT2D eigenvalue weighted by atomic mass is 10.00. The average molecular weight is 406 g/mol. The Balaban J connectivity index is 1.46. The van der Waals surface area contributed by atoms with Crippen LogP contribution < -0.4 is 16.4 Å². The molecule has 1 saturated heterocycles. The predicted octanol–water partition coefficient (Wildman–Crippen LogP) is 1.63. The van der Waals surface area contributed by atoms with Gasteiger partial charge in [0.2, 0.25) is 11.8 Å². The Hall–Kier alpha value is -3.03. The number of nitrogens with one attached hydrogen (secondary N) is 2. The Morgan fingerprint density at radius 1 is 1.17 bits per heavy atom. The molecule has 7 nitrogen and oxygen atoms in total. The number of fused-ring (bicyclic) bond motifs is 1. The molecule has 2 aliphatic rings. The van der Waals surface area contributed by atoms with E-state index in [2.05, 4.69) is 22.8 Å². The van der Waals surface area contributed by atoms with Crippen LogP contribution in [0.1, 0.15) is 52.9 Å². The van der Waals surface area contributed by atoms with Gasteiger partial charge in [0.15, 0.2) is 0 Å². The lowest BCUT2D eigenvalue weighted by Gasteiger charge is -2.29. The summed E-state index contributed by atoms with van der Waals surface area (Å²) in [6.45, 7) is 2.97.